The molecule has 1 aromatic heterocycles. The first-order chi connectivity index (χ1) is 9.22. The molecule has 1 heterocycles. The molecule has 0 aliphatic rings. The molecule has 0 aliphatic carbocycles. The van der Waals surface area contributed by atoms with Gasteiger partial charge in [0, 0.05) is 17.3 Å². The van der Waals surface area contributed by atoms with Gasteiger partial charge in [0.2, 0.25) is 0 Å². The van der Waals surface area contributed by atoms with E-state index in [1.54, 1.807) is 18.4 Å². The van der Waals surface area contributed by atoms with Crippen molar-refractivity contribution >= 4 is 11.3 Å². The molecule has 0 amide bonds. The van der Waals surface area contributed by atoms with Gasteiger partial charge < -0.3 is 15.2 Å². The number of nitrogens with two attached hydrogens (primary N) is 1. The van der Waals surface area contributed by atoms with Crippen LogP contribution < -0.4 is 15.2 Å². The van der Waals surface area contributed by atoms with Crippen LogP contribution in [-0.4, -0.2) is 13.7 Å². The van der Waals surface area contributed by atoms with E-state index in [1.807, 2.05) is 25.1 Å². The fourth-order valence-corrected chi connectivity index (χ4v) is 2.68. The van der Waals surface area contributed by atoms with E-state index in [0.29, 0.717) is 6.61 Å². The number of thiophene rings is 1. The van der Waals surface area contributed by atoms with Gasteiger partial charge in [-0.05, 0) is 30.5 Å². The van der Waals surface area contributed by atoms with Crippen molar-refractivity contribution in [2.24, 2.45) is 5.73 Å². The summed E-state index contributed by atoms with van der Waals surface area (Å²) in [7, 11) is 1.65. The number of rotatable bonds is 6. The predicted octanol–water partition coefficient (Wildman–Crippen LogP) is 3.40. The Kier molecular flexibility index (Phi) is 4.82. The summed E-state index contributed by atoms with van der Waals surface area (Å²) in [5, 5.41) is 2.08. The van der Waals surface area contributed by atoms with E-state index in [4.69, 9.17) is 15.2 Å². The molecule has 4 heteroatoms. The highest BCUT2D eigenvalue weighted by Crippen LogP contribution is 2.32. The van der Waals surface area contributed by atoms with Crippen molar-refractivity contribution in [1.29, 1.82) is 0 Å². The molecule has 3 nitrogen and oxygen atoms in total. The van der Waals surface area contributed by atoms with Gasteiger partial charge in [-0.3, -0.25) is 0 Å². The smallest absolute Gasteiger partial charge is 0.127 e. The maximum atomic E-state index is 6.00. The molecule has 2 rings (SSSR count). The summed E-state index contributed by atoms with van der Waals surface area (Å²) < 4.78 is 11.2. The third kappa shape index (κ3) is 3.49. The van der Waals surface area contributed by atoms with Crippen LogP contribution >= 0.6 is 11.3 Å². The molecule has 2 aromatic rings. The monoisotopic (exact) mass is 277 g/mol. The molecular formula is C15H19NO2S. The predicted molar refractivity (Wildman–Crippen MR) is 79.1 cm³/mol. The van der Waals surface area contributed by atoms with Gasteiger partial charge in [0.25, 0.3) is 0 Å². The van der Waals surface area contributed by atoms with Crippen LogP contribution in [0, 0.1) is 0 Å². The van der Waals surface area contributed by atoms with E-state index >= 15 is 0 Å². The van der Waals surface area contributed by atoms with Crippen molar-refractivity contribution in [3.63, 3.8) is 0 Å². The third-order valence-corrected chi connectivity index (χ3v) is 3.82. The zero-order valence-corrected chi connectivity index (χ0v) is 12.1. The average Bonchev–Trinajstić information content (AvgIpc) is 2.91. The first-order valence-electron chi connectivity index (χ1n) is 6.30. The summed E-state index contributed by atoms with van der Waals surface area (Å²) in [5.41, 5.74) is 6.93. The summed E-state index contributed by atoms with van der Waals surface area (Å²) >= 11 is 1.75. The maximum Gasteiger partial charge on any atom is 0.127 e. The Hall–Kier alpha value is -1.52. The second kappa shape index (κ2) is 6.59. The number of hydrogen-bond donors (Lipinski definition) is 1. The Morgan fingerprint density at radius 2 is 2.00 bits per heavy atom. The number of methoxy groups -OCH3 is 1. The Balaban J connectivity index is 2.07. The molecule has 102 valence electrons. The highest BCUT2D eigenvalue weighted by molar-refractivity contribution is 7.09. The Morgan fingerprint density at radius 3 is 2.63 bits per heavy atom. The first-order valence-corrected chi connectivity index (χ1v) is 7.18. The molecule has 0 spiro atoms. The summed E-state index contributed by atoms with van der Waals surface area (Å²) in [4.78, 5) is 1.32. The van der Waals surface area contributed by atoms with Gasteiger partial charge in [-0.25, -0.2) is 0 Å². The van der Waals surface area contributed by atoms with Crippen LogP contribution in [-0.2, 0) is 6.42 Å². The quantitative estimate of drug-likeness (QED) is 0.880. The molecule has 0 unspecified atom stereocenters. The lowest BCUT2D eigenvalue weighted by Gasteiger charge is -2.17. The number of benzene rings is 1. The molecule has 0 fully saturated rings. The van der Waals surface area contributed by atoms with Gasteiger partial charge >= 0.3 is 0 Å². The second-order valence-electron chi connectivity index (χ2n) is 4.34. The van der Waals surface area contributed by atoms with Crippen LogP contribution in [0.5, 0.6) is 11.5 Å². The van der Waals surface area contributed by atoms with E-state index in [0.717, 1.165) is 23.5 Å². The zero-order valence-electron chi connectivity index (χ0n) is 11.3. The standard InChI is InChI=1S/C15H19NO2S/c1-11(16)15-13(17-2)6-3-7-14(15)18-9-8-12-5-4-10-19-12/h3-7,10-11H,8-9,16H2,1-2H3/t11-/m1/s1. The van der Waals surface area contributed by atoms with Gasteiger partial charge in [-0.1, -0.05) is 12.1 Å². The fourth-order valence-electron chi connectivity index (χ4n) is 1.99. The second-order valence-corrected chi connectivity index (χ2v) is 5.37. The minimum Gasteiger partial charge on any atom is -0.496 e. The fraction of sp³-hybridized carbons (Fsp3) is 0.333. The molecule has 2 N–H and O–H groups in total. The number of ether oxygens (including phenoxy) is 2. The lowest BCUT2D eigenvalue weighted by molar-refractivity contribution is 0.313. The van der Waals surface area contributed by atoms with Crippen molar-refractivity contribution in [2.75, 3.05) is 13.7 Å². The van der Waals surface area contributed by atoms with E-state index < -0.39 is 0 Å². The Bertz CT molecular complexity index is 509. The van der Waals surface area contributed by atoms with E-state index in [1.165, 1.54) is 4.88 Å². The van der Waals surface area contributed by atoms with Crippen molar-refractivity contribution in [3.05, 3.63) is 46.2 Å². The SMILES string of the molecule is COc1cccc(OCCc2cccs2)c1[C@@H](C)N. The third-order valence-electron chi connectivity index (χ3n) is 2.89. The van der Waals surface area contributed by atoms with Crippen LogP contribution in [0.1, 0.15) is 23.4 Å². The summed E-state index contributed by atoms with van der Waals surface area (Å²) in [5.74, 6) is 1.59. The van der Waals surface area contributed by atoms with Crippen molar-refractivity contribution < 1.29 is 9.47 Å². The van der Waals surface area contributed by atoms with Gasteiger partial charge in [-0.15, -0.1) is 11.3 Å². The number of hydrogen-bond acceptors (Lipinski definition) is 4. The minimum absolute atomic E-state index is 0.118. The molecule has 0 saturated carbocycles. The van der Waals surface area contributed by atoms with Gasteiger partial charge in [0.15, 0.2) is 0 Å². The average molecular weight is 277 g/mol. The van der Waals surface area contributed by atoms with Gasteiger partial charge in [0.05, 0.1) is 19.3 Å². The summed E-state index contributed by atoms with van der Waals surface area (Å²) in [6, 6.07) is 9.82. The van der Waals surface area contributed by atoms with E-state index in [2.05, 4.69) is 17.5 Å². The maximum absolute atomic E-state index is 6.00. The first kappa shape index (κ1) is 13.9. The topological polar surface area (TPSA) is 44.5 Å². The van der Waals surface area contributed by atoms with Crippen molar-refractivity contribution in [2.45, 2.75) is 19.4 Å². The minimum atomic E-state index is -0.118. The molecule has 1 aromatic carbocycles. The summed E-state index contributed by atoms with van der Waals surface area (Å²) in [6.45, 7) is 2.58. The highest BCUT2D eigenvalue weighted by atomic mass is 32.1. The molecule has 1 atom stereocenters. The largest absolute Gasteiger partial charge is 0.496 e. The lowest BCUT2D eigenvalue weighted by atomic mass is 10.1. The van der Waals surface area contributed by atoms with Gasteiger partial charge in [0.1, 0.15) is 11.5 Å². The van der Waals surface area contributed by atoms with E-state index in [9.17, 15) is 0 Å². The lowest BCUT2D eigenvalue weighted by Crippen LogP contribution is -2.11. The molecule has 19 heavy (non-hydrogen) atoms. The summed E-state index contributed by atoms with van der Waals surface area (Å²) in [6.07, 6.45) is 0.910. The van der Waals surface area contributed by atoms with E-state index in [-0.39, 0.29) is 6.04 Å². The normalized spacial score (nSPS) is 12.2. The van der Waals surface area contributed by atoms with Crippen LogP contribution in [0.3, 0.4) is 0 Å². The molecule has 0 aliphatic heterocycles. The van der Waals surface area contributed by atoms with Crippen LogP contribution in [0.2, 0.25) is 0 Å². The Labute approximate surface area is 118 Å². The Morgan fingerprint density at radius 1 is 1.21 bits per heavy atom. The zero-order chi connectivity index (χ0) is 13.7. The van der Waals surface area contributed by atoms with Gasteiger partial charge in [-0.2, -0.15) is 0 Å². The molecular weight excluding hydrogens is 258 g/mol. The molecule has 0 saturated heterocycles. The van der Waals surface area contributed by atoms with Crippen LogP contribution in [0.15, 0.2) is 35.7 Å². The molecule has 0 radical (unpaired) electrons. The highest BCUT2D eigenvalue weighted by Gasteiger charge is 2.14. The molecule has 0 bridgehead atoms. The van der Waals surface area contributed by atoms with Crippen LogP contribution in [0.4, 0.5) is 0 Å². The van der Waals surface area contributed by atoms with Crippen molar-refractivity contribution in [3.8, 4) is 11.5 Å². The van der Waals surface area contributed by atoms with Crippen molar-refractivity contribution in [1.82, 2.24) is 0 Å². The van der Waals surface area contributed by atoms with Crippen LogP contribution in [0.25, 0.3) is 0 Å².